The third-order valence-corrected chi connectivity index (χ3v) is 10.1. The molecule has 0 saturated carbocycles. The standard InChI is InChI=1S/C35H56O14/c1-17-10-13-26(37)46-20(4)22(16-44-34-32(43-9)31(42-8)27(38)21(5)47-34)30-23(48-30)11-12-25(36)35(6,40)15-18(2)29(17)49-33-28(39)24(41-7)14-19(3)45-33/h10-13,17-24,27-34,38-40H,14-16H2,1-9H3/b12-11+,13-10+/t17-,18-,19+,20+,21+,22+,23-,24-,27+,28+,29?,30-,31+,32+,33-,34+,35-/m0/s1. The number of hydrogen-bond acceptors (Lipinski definition) is 14. The van der Waals surface area contributed by atoms with Crippen molar-refractivity contribution in [3.8, 4) is 0 Å². The highest BCUT2D eigenvalue weighted by molar-refractivity contribution is 5.96. The minimum Gasteiger partial charge on any atom is -0.459 e. The number of esters is 1. The van der Waals surface area contributed by atoms with E-state index in [1.807, 2.05) is 20.8 Å². The van der Waals surface area contributed by atoms with E-state index in [-0.39, 0.29) is 19.1 Å². The molecule has 4 aliphatic rings. The first kappa shape index (κ1) is 40.0. The van der Waals surface area contributed by atoms with Crippen molar-refractivity contribution >= 4 is 11.8 Å². The van der Waals surface area contributed by atoms with E-state index in [1.165, 1.54) is 40.4 Å². The topological polar surface area (TPSA) is 181 Å². The van der Waals surface area contributed by atoms with Crippen molar-refractivity contribution in [1.29, 1.82) is 0 Å². The Hall–Kier alpha value is -1.82. The third-order valence-electron chi connectivity index (χ3n) is 10.1. The van der Waals surface area contributed by atoms with E-state index in [0.717, 1.165) is 0 Å². The second-order valence-electron chi connectivity index (χ2n) is 14.1. The summed E-state index contributed by atoms with van der Waals surface area (Å²) >= 11 is 0. The lowest BCUT2D eigenvalue weighted by molar-refractivity contribution is -0.305. The number of cyclic esters (lactones) is 1. The van der Waals surface area contributed by atoms with E-state index in [1.54, 1.807) is 26.0 Å². The van der Waals surface area contributed by atoms with Crippen LogP contribution in [-0.4, -0.2) is 140 Å². The maximum atomic E-state index is 13.3. The first-order valence-corrected chi connectivity index (χ1v) is 17.1. The fourth-order valence-corrected chi connectivity index (χ4v) is 7.12. The number of carbonyl (C=O) groups is 2. The van der Waals surface area contributed by atoms with Crippen LogP contribution in [-0.2, 0) is 52.2 Å². The normalized spacial score (nSPS) is 48.3. The average molecular weight is 701 g/mol. The number of ether oxygens (including phenoxy) is 9. The maximum Gasteiger partial charge on any atom is 0.330 e. The van der Waals surface area contributed by atoms with E-state index in [2.05, 4.69) is 0 Å². The lowest BCUT2D eigenvalue weighted by atomic mass is 9.82. The molecule has 0 amide bonds. The van der Waals surface area contributed by atoms with Crippen LogP contribution in [0.2, 0.25) is 0 Å². The lowest BCUT2D eigenvalue weighted by Crippen LogP contribution is -2.59. The van der Waals surface area contributed by atoms with Gasteiger partial charge in [0, 0.05) is 45.7 Å². The molecule has 0 radical (unpaired) electrons. The quantitative estimate of drug-likeness (QED) is 0.245. The maximum absolute atomic E-state index is 13.3. The fourth-order valence-electron chi connectivity index (χ4n) is 7.12. The molecule has 0 bridgehead atoms. The number of aliphatic hydroxyl groups excluding tert-OH is 2. The van der Waals surface area contributed by atoms with Crippen molar-refractivity contribution in [3.63, 3.8) is 0 Å². The molecule has 3 N–H and O–H groups in total. The molecule has 3 fully saturated rings. The minimum atomic E-state index is -1.75. The van der Waals surface area contributed by atoms with Crippen molar-refractivity contribution in [2.75, 3.05) is 27.9 Å². The van der Waals surface area contributed by atoms with E-state index >= 15 is 0 Å². The molecule has 14 heteroatoms. The summed E-state index contributed by atoms with van der Waals surface area (Å²) in [5.41, 5.74) is -1.75. The molecule has 1 unspecified atom stereocenters. The van der Waals surface area contributed by atoms with Gasteiger partial charge in [-0.25, -0.2) is 4.79 Å². The zero-order valence-corrected chi connectivity index (χ0v) is 30.0. The van der Waals surface area contributed by atoms with Crippen LogP contribution < -0.4 is 0 Å². The van der Waals surface area contributed by atoms with Gasteiger partial charge in [-0.05, 0) is 52.2 Å². The molecule has 280 valence electrons. The Kier molecular flexibility index (Phi) is 14.0. The van der Waals surface area contributed by atoms with Gasteiger partial charge in [0.1, 0.15) is 42.2 Å². The Balaban J connectivity index is 1.56. The van der Waals surface area contributed by atoms with E-state index in [9.17, 15) is 24.9 Å². The molecule has 0 spiro atoms. The van der Waals surface area contributed by atoms with Gasteiger partial charge in [0.25, 0.3) is 0 Å². The largest absolute Gasteiger partial charge is 0.459 e. The molecule has 17 atom stereocenters. The van der Waals surface area contributed by atoms with Crippen molar-refractivity contribution in [1.82, 2.24) is 0 Å². The van der Waals surface area contributed by atoms with E-state index in [4.69, 9.17) is 42.6 Å². The summed E-state index contributed by atoms with van der Waals surface area (Å²) in [5.74, 6) is -2.45. The summed E-state index contributed by atoms with van der Waals surface area (Å²) in [6.45, 7) is 10.4. The van der Waals surface area contributed by atoms with Crippen molar-refractivity contribution in [2.45, 2.75) is 140 Å². The first-order valence-electron chi connectivity index (χ1n) is 17.1. The Morgan fingerprint density at radius 3 is 2.18 bits per heavy atom. The van der Waals surface area contributed by atoms with Crippen LogP contribution in [0.25, 0.3) is 0 Å². The summed E-state index contributed by atoms with van der Waals surface area (Å²) < 4.78 is 52.6. The Morgan fingerprint density at radius 1 is 0.837 bits per heavy atom. The van der Waals surface area contributed by atoms with Crippen LogP contribution in [0.1, 0.15) is 54.4 Å². The molecule has 49 heavy (non-hydrogen) atoms. The second-order valence-corrected chi connectivity index (χ2v) is 14.1. The van der Waals surface area contributed by atoms with Gasteiger partial charge in [0.05, 0.1) is 37.1 Å². The van der Waals surface area contributed by atoms with Crippen LogP contribution in [0.3, 0.4) is 0 Å². The zero-order valence-electron chi connectivity index (χ0n) is 30.0. The number of epoxide rings is 1. The Bertz CT molecular complexity index is 1160. The summed E-state index contributed by atoms with van der Waals surface area (Å²) in [7, 11) is 4.46. The van der Waals surface area contributed by atoms with Gasteiger partial charge < -0.3 is 58.0 Å². The highest BCUT2D eigenvalue weighted by Gasteiger charge is 2.50. The number of rotatable bonds is 8. The van der Waals surface area contributed by atoms with Crippen molar-refractivity contribution in [3.05, 3.63) is 24.3 Å². The van der Waals surface area contributed by atoms with Gasteiger partial charge in [0.15, 0.2) is 18.4 Å². The van der Waals surface area contributed by atoms with Crippen LogP contribution in [0.15, 0.2) is 24.3 Å². The molecule has 0 aromatic rings. The smallest absolute Gasteiger partial charge is 0.330 e. The number of fused-ring (bicyclic) bond motifs is 1. The van der Waals surface area contributed by atoms with Crippen LogP contribution >= 0.6 is 0 Å². The lowest BCUT2D eigenvalue weighted by Gasteiger charge is -2.42. The first-order chi connectivity index (χ1) is 23.1. The summed E-state index contributed by atoms with van der Waals surface area (Å²) in [4.78, 5) is 26.5. The van der Waals surface area contributed by atoms with Crippen LogP contribution in [0, 0.1) is 17.8 Å². The number of carbonyl (C=O) groups excluding carboxylic acids is 2. The molecular weight excluding hydrogens is 644 g/mol. The van der Waals surface area contributed by atoms with Crippen LogP contribution in [0.5, 0.6) is 0 Å². The summed E-state index contributed by atoms with van der Waals surface area (Å²) in [6.07, 6.45) is -2.67. The Labute approximate surface area is 288 Å². The van der Waals surface area contributed by atoms with Gasteiger partial charge in [0.2, 0.25) is 0 Å². The van der Waals surface area contributed by atoms with Gasteiger partial charge in [-0.3, -0.25) is 4.79 Å². The zero-order chi connectivity index (χ0) is 36.2. The molecule has 4 aliphatic heterocycles. The van der Waals surface area contributed by atoms with Crippen LogP contribution in [0.4, 0.5) is 0 Å². The molecule has 0 aromatic carbocycles. The van der Waals surface area contributed by atoms with Gasteiger partial charge in [-0.15, -0.1) is 0 Å². The molecule has 4 heterocycles. The summed E-state index contributed by atoms with van der Waals surface area (Å²) in [6, 6.07) is 0. The molecule has 4 rings (SSSR count). The van der Waals surface area contributed by atoms with E-state index < -0.39 is 109 Å². The highest BCUT2D eigenvalue weighted by Crippen LogP contribution is 2.37. The predicted molar refractivity (Wildman–Crippen MR) is 173 cm³/mol. The SMILES string of the molecule is CO[C@@H]1[C@H](O)[C@@H](C)O[C@@H](OC[C@H]2[C@@H]3O[C@H]3/C=C/C(=O)[C@@](C)(O)C[C@H](C)C(O[C@@H]3O[C@H](C)C[C@H](OC)[C@H]3O)[C@@H](C)/C=C/C(=O)O[C@@H]2C)[C@@H]1OC. The number of aliphatic hydroxyl groups is 3. The highest BCUT2D eigenvalue weighted by atomic mass is 16.7. The Morgan fingerprint density at radius 2 is 1.53 bits per heavy atom. The second kappa shape index (κ2) is 17.1. The molecule has 14 nitrogen and oxygen atoms in total. The molecule has 0 aromatic heterocycles. The van der Waals surface area contributed by atoms with E-state index in [0.29, 0.717) is 6.42 Å². The van der Waals surface area contributed by atoms with Gasteiger partial charge in [-0.1, -0.05) is 19.9 Å². The molecule has 3 saturated heterocycles. The van der Waals surface area contributed by atoms with Crippen molar-refractivity contribution < 1.29 is 67.5 Å². The number of hydrogen-bond donors (Lipinski definition) is 3. The average Bonchev–Trinajstić information content (AvgIpc) is 3.82. The number of methoxy groups -OCH3 is 3. The number of ketones is 1. The third kappa shape index (κ3) is 9.74. The molecule has 0 aliphatic carbocycles. The van der Waals surface area contributed by atoms with Gasteiger partial charge in [-0.2, -0.15) is 0 Å². The monoisotopic (exact) mass is 700 g/mol. The summed E-state index contributed by atoms with van der Waals surface area (Å²) in [5, 5.41) is 32.8. The fraction of sp³-hybridized carbons (Fsp3) is 0.829. The predicted octanol–water partition coefficient (Wildman–Crippen LogP) is 1.46. The van der Waals surface area contributed by atoms with Crippen molar-refractivity contribution in [2.24, 2.45) is 17.8 Å². The molecular formula is C35H56O14. The van der Waals surface area contributed by atoms with Gasteiger partial charge >= 0.3 is 5.97 Å². The minimum absolute atomic E-state index is 0.0234.